The fourth-order valence-corrected chi connectivity index (χ4v) is 3.94. The topological polar surface area (TPSA) is 41.6 Å². The lowest BCUT2D eigenvalue weighted by molar-refractivity contribution is -0.125. The highest BCUT2D eigenvalue weighted by Gasteiger charge is 2.44. The summed E-state index contributed by atoms with van der Waals surface area (Å²) in [6.45, 7) is 1.17. The van der Waals surface area contributed by atoms with Gasteiger partial charge in [-0.25, -0.2) is 13.2 Å². The molecule has 2 aliphatic rings. The Labute approximate surface area is 154 Å². The zero-order chi connectivity index (χ0) is 19.0. The van der Waals surface area contributed by atoms with E-state index < -0.39 is 11.6 Å². The van der Waals surface area contributed by atoms with Crippen molar-refractivity contribution in [2.75, 3.05) is 19.7 Å². The molecule has 0 unspecified atom stereocenters. The molecule has 1 N–H and O–H groups in total. The molecule has 0 radical (unpaired) electrons. The number of likely N-dealkylation sites (tertiary alicyclic amines) is 1. The monoisotopic (exact) mass is 376 g/mol. The number of carbonyl (C=O) groups is 1. The van der Waals surface area contributed by atoms with Gasteiger partial charge in [0.25, 0.3) is 0 Å². The number of amides is 1. The summed E-state index contributed by atoms with van der Waals surface area (Å²) in [5, 5.41) is 2.82. The number of halogens is 3. The molecule has 1 amide bonds. The summed E-state index contributed by atoms with van der Waals surface area (Å²) in [5.74, 6) is -1.82. The maximum atomic E-state index is 14.1. The molecule has 7 heteroatoms. The maximum Gasteiger partial charge on any atom is 0.246 e. The van der Waals surface area contributed by atoms with Crippen LogP contribution in [-0.4, -0.2) is 42.6 Å². The van der Waals surface area contributed by atoms with Crippen molar-refractivity contribution in [3.05, 3.63) is 71.0 Å². The predicted octanol–water partition coefficient (Wildman–Crippen LogP) is 2.59. The third-order valence-electron chi connectivity index (χ3n) is 5.28. The Bertz CT molecular complexity index is 844. The molecule has 4 nitrogen and oxygen atoms in total. The minimum atomic E-state index is -0.621. The number of hydrogen-bond donors (Lipinski definition) is 1. The van der Waals surface area contributed by atoms with E-state index in [1.54, 1.807) is 12.1 Å². The molecule has 4 rings (SSSR count). The summed E-state index contributed by atoms with van der Waals surface area (Å²) in [6, 6.07) is 9.59. The predicted molar refractivity (Wildman–Crippen MR) is 92.4 cm³/mol. The minimum Gasteiger partial charge on any atom is -0.366 e. The SMILES string of the molecule is O=C1CO[C@@H]2[C@@H](c3ccc(F)cc3)CN(Cc3ccc(F)cc3F)[C@@H]2CN1. The fourth-order valence-electron chi connectivity index (χ4n) is 3.94. The van der Waals surface area contributed by atoms with Crippen molar-refractivity contribution in [1.82, 2.24) is 10.2 Å². The van der Waals surface area contributed by atoms with E-state index in [0.29, 0.717) is 18.7 Å². The fraction of sp³-hybridized carbons (Fsp3) is 0.350. The van der Waals surface area contributed by atoms with Crippen molar-refractivity contribution in [2.24, 2.45) is 0 Å². The number of fused-ring (bicyclic) bond motifs is 1. The van der Waals surface area contributed by atoms with Gasteiger partial charge >= 0.3 is 0 Å². The second-order valence-electron chi connectivity index (χ2n) is 6.97. The molecule has 2 aliphatic heterocycles. The molecule has 2 saturated heterocycles. The third-order valence-corrected chi connectivity index (χ3v) is 5.28. The molecule has 27 heavy (non-hydrogen) atoms. The number of nitrogens with zero attached hydrogens (tertiary/aromatic N) is 1. The Morgan fingerprint density at radius 2 is 1.81 bits per heavy atom. The van der Waals surface area contributed by atoms with Crippen molar-refractivity contribution in [3.63, 3.8) is 0 Å². The second kappa shape index (κ2) is 7.32. The molecular weight excluding hydrogens is 357 g/mol. The lowest BCUT2D eigenvalue weighted by Gasteiger charge is -2.26. The van der Waals surface area contributed by atoms with Crippen LogP contribution in [0.2, 0.25) is 0 Å². The first-order valence-corrected chi connectivity index (χ1v) is 8.83. The maximum absolute atomic E-state index is 14.1. The van der Waals surface area contributed by atoms with Crippen LogP contribution in [0.1, 0.15) is 17.0 Å². The number of nitrogens with one attached hydrogen (secondary N) is 1. The van der Waals surface area contributed by atoms with E-state index in [2.05, 4.69) is 5.32 Å². The van der Waals surface area contributed by atoms with Crippen molar-refractivity contribution in [1.29, 1.82) is 0 Å². The number of benzene rings is 2. The van der Waals surface area contributed by atoms with E-state index in [-0.39, 0.29) is 42.9 Å². The smallest absolute Gasteiger partial charge is 0.246 e. The van der Waals surface area contributed by atoms with Crippen LogP contribution in [0.25, 0.3) is 0 Å². The summed E-state index contributed by atoms with van der Waals surface area (Å²) in [4.78, 5) is 13.8. The van der Waals surface area contributed by atoms with Crippen LogP contribution in [0.3, 0.4) is 0 Å². The van der Waals surface area contributed by atoms with Crippen LogP contribution < -0.4 is 5.32 Å². The van der Waals surface area contributed by atoms with Gasteiger partial charge in [-0.2, -0.15) is 0 Å². The highest BCUT2D eigenvalue weighted by atomic mass is 19.1. The highest BCUT2D eigenvalue weighted by Crippen LogP contribution is 2.36. The lowest BCUT2D eigenvalue weighted by atomic mass is 9.93. The van der Waals surface area contributed by atoms with Gasteiger partial charge in [-0.1, -0.05) is 18.2 Å². The summed E-state index contributed by atoms with van der Waals surface area (Å²) < 4.78 is 46.5. The van der Waals surface area contributed by atoms with Gasteiger partial charge < -0.3 is 10.1 Å². The van der Waals surface area contributed by atoms with Gasteiger partial charge in [0.2, 0.25) is 5.91 Å². The molecule has 0 aromatic heterocycles. The van der Waals surface area contributed by atoms with Crippen LogP contribution in [0.5, 0.6) is 0 Å². The van der Waals surface area contributed by atoms with E-state index >= 15 is 0 Å². The quantitative estimate of drug-likeness (QED) is 0.895. The number of rotatable bonds is 3. The highest BCUT2D eigenvalue weighted by molar-refractivity contribution is 5.77. The molecule has 142 valence electrons. The Hall–Kier alpha value is -2.38. The van der Waals surface area contributed by atoms with Crippen LogP contribution >= 0.6 is 0 Å². The first-order valence-electron chi connectivity index (χ1n) is 8.83. The number of carbonyl (C=O) groups excluding carboxylic acids is 1. The second-order valence-corrected chi connectivity index (χ2v) is 6.97. The molecular formula is C20H19F3N2O2. The first kappa shape index (κ1) is 18.0. The molecule has 0 bridgehead atoms. The standard InChI is InChI=1S/C20H19F3N2O2/c21-14-4-1-12(2-5-14)16-10-25(9-13-3-6-15(22)7-17(13)23)18-8-24-19(26)11-27-20(16)18/h1-7,16,18,20H,8-11H2,(H,24,26)/t16-,18-,20-/m1/s1. The summed E-state index contributed by atoms with van der Waals surface area (Å²) in [6.07, 6.45) is -0.280. The lowest BCUT2D eigenvalue weighted by Crippen LogP contribution is -2.42. The molecule has 2 heterocycles. The van der Waals surface area contributed by atoms with Crippen LogP contribution in [0, 0.1) is 17.5 Å². The summed E-state index contributed by atoms with van der Waals surface area (Å²) in [7, 11) is 0. The van der Waals surface area contributed by atoms with Gasteiger partial charge in [0, 0.05) is 37.2 Å². The van der Waals surface area contributed by atoms with E-state index in [4.69, 9.17) is 4.74 Å². The minimum absolute atomic E-state index is 0.0440. The molecule has 2 aromatic rings. The van der Waals surface area contributed by atoms with Gasteiger partial charge in [-0.05, 0) is 23.8 Å². The molecule has 0 saturated carbocycles. The van der Waals surface area contributed by atoms with E-state index in [1.165, 1.54) is 24.3 Å². The Kier molecular flexibility index (Phi) is 4.88. The van der Waals surface area contributed by atoms with Crippen molar-refractivity contribution in [2.45, 2.75) is 24.6 Å². The number of hydrogen-bond acceptors (Lipinski definition) is 3. The molecule has 2 aromatic carbocycles. The van der Waals surface area contributed by atoms with Gasteiger partial charge in [0.05, 0.1) is 12.1 Å². The van der Waals surface area contributed by atoms with Gasteiger partial charge in [-0.3, -0.25) is 9.69 Å². The van der Waals surface area contributed by atoms with Crippen LogP contribution in [-0.2, 0) is 16.1 Å². The Morgan fingerprint density at radius 1 is 1.07 bits per heavy atom. The third kappa shape index (κ3) is 3.70. The van der Waals surface area contributed by atoms with Crippen LogP contribution in [0.15, 0.2) is 42.5 Å². The van der Waals surface area contributed by atoms with Crippen molar-refractivity contribution >= 4 is 5.91 Å². The van der Waals surface area contributed by atoms with Gasteiger partial charge in [-0.15, -0.1) is 0 Å². The Balaban J connectivity index is 1.62. The van der Waals surface area contributed by atoms with E-state index in [9.17, 15) is 18.0 Å². The summed E-state index contributed by atoms with van der Waals surface area (Å²) in [5.41, 5.74) is 1.29. The van der Waals surface area contributed by atoms with Gasteiger partial charge in [0.15, 0.2) is 0 Å². The van der Waals surface area contributed by atoms with Crippen molar-refractivity contribution < 1.29 is 22.7 Å². The molecule has 0 aliphatic carbocycles. The van der Waals surface area contributed by atoms with Crippen molar-refractivity contribution in [3.8, 4) is 0 Å². The largest absolute Gasteiger partial charge is 0.366 e. The number of ether oxygens (including phenoxy) is 1. The van der Waals surface area contributed by atoms with E-state index in [0.717, 1.165) is 11.6 Å². The van der Waals surface area contributed by atoms with Gasteiger partial charge in [0.1, 0.15) is 24.1 Å². The molecule has 0 spiro atoms. The summed E-state index contributed by atoms with van der Waals surface area (Å²) >= 11 is 0. The molecule has 2 fully saturated rings. The average molecular weight is 376 g/mol. The molecule has 3 atom stereocenters. The average Bonchev–Trinajstić information content (AvgIpc) is 2.86. The zero-order valence-electron chi connectivity index (χ0n) is 14.5. The zero-order valence-corrected chi connectivity index (χ0v) is 14.5. The normalized spacial score (nSPS) is 25.7. The first-order chi connectivity index (χ1) is 13.0. The van der Waals surface area contributed by atoms with Crippen LogP contribution in [0.4, 0.5) is 13.2 Å². The van der Waals surface area contributed by atoms with E-state index in [1.807, 2.05) is 4.90 Å². The Morgan fingerprint density at radius 3 is 2.56 bits per heavy atom.